The molecule has 1 fully saturated rings. The van der Waals surface area contributed by atoms with Gasteiger partial charge in [-0.15, -0.1) is 0 Å². The molecule has 0 bridgehead atoms. The topological polar surface area (TPSA) is 57.7 Å². The van der Waals surface area contributed by atoms with Crippen LogP contribution in [0.2, 0.25) is 10.0 Å². The largest absolute Gasteiger partial charge is 0.343 e. The average molecular weight is 421 g/mol. The van der Waals surface area contributed by atoms with Gasteiger partial charge < -0.3 is 4.90 Å². The molecule has 1 aliphatic heterocycles. The smallest absolute Gasteiger partial charge is 0.244 e. The van der Waals surface area contributed by atoms with Gasteiger partial charge in [-0.05, 0) is 44.4 Å². The van der Waals surface area contributed by atoms with Gasteiger partial charge in [-0.3, -0.25) is 4.79 Å². The zero-order chi connectivity index (χ0) is 19.3. The highest BCUT2D eigenvalue weighted by molar-refractivity contribution is 7.89. The van der Waals surface area contributed by atoms with Gasteiger partial charge in [0.1, 0.15) is 4.90 Å². The van der Waals surface area contributed by atoms with Crippen molar-refractivity contribution in [2.75, 3.05) is 26.2 Å². The van der Waals surface area contributed by atoms with Crippen LogP contribution in [-0.2, 0) is 14.8 Å². The summed E-state index contributed by atoms with van der Waals surface area (Å²) < 4.78 is 27.1. The van der Waals surface area contributed by atoms with Crippen LogP contribution in [0.25, 0.3) is 0 Å². The van der Waals surface area contributed by atoms with Gasteiger partial charge in [0, 0.05) is 37.1 Å². The van der Waals surface area contributed by atoms with E-state index < -0.39 is 10.0 Å². The van der Waals surface area contributed by atoms with Crippen LogP contribution in [0.1, 0.15) is 39.5 Å². The Morgan fingerprint density at radius 3 is 2.46 bits per heavy atom. The van der Waals surface area contributed by atoms with Gasteiger partial charge in [0.15, 0.2) is 0 Å². The Kier molecular flexibility index (Phi) is 7.76. The summed E-state index contributed by atoms with van der Waals surface area (Å²) in [5.41, 5.74) is 0. The number of benzene rings is 1. The Labute approximate surface area is 166 Å². The standard InChI is InChI=1S/C18H26Cl2N2O3S/c1-3-5-10-21(4-2)18(23)14-8-11-22(12-9-14)26(24,25)17-13-15(19)6-7-16(17)20/h6-7,13-14H,3-5,8-12H2,1-2H3. The van der Waals surface area contributed by atoms with Crippen LogP contribution in [0.3, 0.4) is 0 Å². The first-order chi connectivity index (χ1) is 12.3. The Balaban J connectivity index is 2.05. The first-order valence-corrected chi connectivity index (χ1v) is 11.2. The summed E-state index contributed by atoms with van der Waals surface area (Å²) in [7, 11) is -3.71. The lowest BCUT2D eigenvalue weighted by Gasteiger charge is -2.33. The highest BCUT2D eigenvalue weighted by Crippen LogP contribution is 2.30. The number of piperidine rings is 1. The predicted octanol–water partition coefficient (Wildman–Crippen LogP) is 4.04. The van der Waals surface area contributed by atoms with Gasteiger partial charge in [0.2, 0.25) is 15.9 Å². The maximum Gasteiger partial charge on any atom is 0.244 e. The molecule has 146 valence electrons. The fraction of sp³-hybridized carbons (Fsp3) is 0.611. The van der Waals surface area contributed by atoms with Crippen molar-refractivity contribution in [3.63, 3.8) is 0 Å². The van der Waals surface area contributed by atoms with Crippen molar-refractivity contribution < 1.29 is 13.2 Å². The van der Waals surface area contributed by atoms with E-state index in [0.29, 0.717) is 37.5 Å². The molecular formula is C18H26Cl2N2O3S. The normalized spacial score (nSPS) is 16.6. The van der Waals surface area contributed by atoms with Crippen molar-refractivity contribution in [2.24, 2.45) is 5.92 Å². The first-order valence-electron chi connectivity index (χ1n) is 9.05. The van der Waals surface area contributed by atoms with Gasteiger partial charge in [0.05, 0.1) is 5.02 Å². The molecule has 0 aromatic heterocycles. The molecule has 1 saturated heterocycles. The monoisotopic (exact) mass is 420 g/mol. The minimum absolute atomic E-state index is 0.0228. The highest BCUT2D eigenvalue weighted by atomic mass is 35.5. The summed E-state index contributed by atoms with van der Waals surface area (Å²) in [5, 5.41) is 0.483. The second-order valence-corrected chi connectivity index (χ2v) is 9.27. The van der Waals surface area contributed by atoms with Crippen molar-refractivity contribution >= 4 is 39.1 Å². The second-order valence-electron chi connectivity index (χ2n) is 6.52. The van der Waals surface area contributed by atoms with E-state index in [4.69, 9.17) is 23.2 Å². The van der Waals surface area contributed by atoms with Crippen molar-refractivity contribution in [1.29, 1.82) is 0 Å². The molecule has 0 aliphatic carbocycles. The summed E-state index contributed by atoms with van der Waals surface area (Å²) in [6, 6.07) is 4.42. The molecule has 0 unspecified atom stereocenters. The molecular weight excluding hydrogens is 395 g/mol. The van der Waals surface area contributed by atoms with Crippen molar-refractivity contribution in [3.8, 4) is 0 Å². The quantitative estimate of drug-likeness (QED) is 0.668. The molecule has 0 atom stereocenters. The van der Waals surface area contributed by atoms with Crippen LogP contribution < -0.4 is 0 Å². The molecule has 26 heavy (non-hydrogen) atoms. The van der Waals surface area contributed by atoms with E-state index in [-0.39, 0.29) is 21.7 Å². The number of rotatable bonds is 7. The number of halogens is 2. The van der Waals surface area contributed by atoms with Crippen molar-refractivity contribution in [1.82, 2.24) is 9.21 Å². The first kappa shape index (κ1) is 21.5. The SMILES string of the molecule is CCCCN(CC)C(=O)C1CCN(S(=O)(=O)c2cc(Cl)ccc2Cl)CC1. The van der Waals surface area contributed by atoms with E-state index in [1.165, 1.54) is 16.4 Å². The third kappa shape index (κ3) is 4.91. The number of hydrogen-bond donors (Lipinski definition) is 0. The van der Waals surface area contributed by atoms with Crippen molar-refractivity contribution in [2.45, 2.75) is 44.4 Å². The Morgan fingerprint density at radius 2 is 1.88 bits per heavy atom. The van der Waals surface area contributed by atoms with Crippen LogP contribution in [0, 0.1) is 5.92 Å². The fourth-order valence-corrected chi connectivity index (χ4v) is 5.40. The molecule has 1 aromatic carbocycles. The third-order valence-electron chi connectivity index (χ3n) is 4.79. The minimum Gasteiger partial charge on any atom is -0.343 e. The van der Waals surface area contributed by atoms with E-state index in [0.717, 1.165) is 19.4 Å². The average Bonchev–Trinajstić information content (AvgIpc) is 2.64. The summed E-state index contributed by atoms with van der Waals surface area (Å²) in [4.78, 5) is 14.6. The van der Waals surface area contributed by atoms with Crippen molar-refractivity contribution in [3.05, 3.63) is 28.2 Å². The summed E-state index contributed by atoms with van der Waals surface area (Å²) >= 11 is 12.0. The van der Waals surface area contributed by atoms with Crippen LogP contribution in [0.5, 0.6) is 0 Å². The van der Waals surface area contributed by atoms with Crippen LogP contribution in [0.4, 0.5) is 0 Å². The number of hydrogen-bond acceptors (Lipinski definition) is 3. The summed E-state index contributed by atoms with van der Waals surface area (Å²) in [5.74, 6) is 0.0203. The molecule has 0 radical (unpaired) electrons. The van der Waals surface area contributed by atoms with Crippen LogP contribution in [0.15, 0.2) is 23.1 Å². The zero-order valence-corrected chi connectivity index (χ0v) is 17.6. The number of nitrogens with zero attached hydrogens (tertiary/aromatic N) is 2. The van der Waals surface area contributed by atoms with E-state index in [2.05, 4.69) is 6.92 Å². The second kappa shape index (κ2) is 9.40. The van der Waals surface area contributed by atoms with Gasteiger partial charge in [0.25, 0.3) is 0 Å². The van der Waals surface area contributed by atoms with E-state index in [9.17, 15) is 13.2 Å². The molecule has 1 heterocycles. The lowest BCUT2D eigenvalue weighted by Crippen LogP contribution is -2.44. The summed E-state index contributed by atoms with van der Waals surface area (Å²) in [6.07, 6.45) is 3.08. The molecule has 1 aliphatic rings. The number of carbonyl (C=O) groups excluding carboxylic acids is 1. The van der Waals surface area contributed by atoms with Crippen LogP contribution >= 0.6 is 23.2 Å². The molecule has 1 aromatic rings. The molecule has 0 N–H and O–H groups in total. The Hall–Kier alpha value is -0.820. The number of amides is 1. The molecule has 0 spiro atoms. The Bertz CT molecular complexity index is 732. The lowest BCUT2D eigenvalue weighted by molar-refractivity contribution is -0.136. The number of sulfonamides is 1. The molecule has 1 amide bonds. The maximum atomic E-state index is 12.9. The van der Waals surface area contributed by atoms with Gasteiger partial charge >= 0.3 is 0 Å². The third-order valence-corrected chi connectivity index (χ3v) is 7.40. The lowest BCUT2D eigenvalue weighted by atomic mass is 9.96. The van der Waals surface area contributed by atoms with Crippen LogP contribution in [-0.4, -0.2) is 49.7 Å². The van der Waals surface area contributed by atoms with Gasteiger partial charge in [-0.2, -0.15) is 4.31 Å². The molecule has 5 nitrogen and oxygen atoms in total. The number of unbranched alkanes of at least 4 members (excludes halogenated alkanes) is 1. The summed E-state index contributed by atoms with van der Waals surface area (Å²) in [6.45, 7) is 6.16. The molecule has 2 rings (SSSR count). The van der Waals surface area contributed by atoms with E-state index >= 15 is 0 Å². The minimum atomic E-state index is -3.71. The van der Waals surface area contributed by atoms with E-state index in [1.54, 1.807) is 6.07 Å². The zero-order valence-electron chi connectivity index (χ0n) is 15.2. The highest BCUT2D eigenvalue weighted by Gasteiger charge is 2.34. The molecule has 0 saturated carbocycles. The Morgan fingerprint density at radius 1 is 1.23 bits per heavy atom. The van der Waals surface area contributed by atoms with Gasteiger partial charge in [-0.25, -0.2) is 8.42 Å². The predicted molar refractivity (Wildman–Crippen MR) is 105 cm³/mol. The number of carbonyl (C=O) groups is 1. The molecule has 8 heteroatoms. The fourth-order valence-electron chi connectivity index (χ4n) is 3.19. The van der Waals surface area contributed by atoms with Gasteiger partial charge in [-0.1, -0.05) is 36.5 Å². The maximum absolute atomic E-state index is 12.9. The van der Waals surface area contributed by atoms with E-state index in [1.807, 2.05) is 11.8 Å².